The fourth-order valence-electron chi connectivity index (χ4n) is 1.64. The number of rotatable bonds is 2. The van der Waals surface area contributed by atoms with Crippen molar-refractivity contribution < 1.29 is 0 Å². The number of nitrogens with zero attached hydrogens (tertiary/aromatic N) is 3. The van der Waals surface area contributed by atoms with E-state index >= 15 is 0 Å². The number of anilines is 2. The summed E-state index contributed by atoms with van der Waals surface area (Å²) in [5, 5.41) is 20.5. The summed E-state index contributed by atoms with van der Waals surface area (Å²) in [6, 6.07) is 8.06. The van der Waals surface area contributed by atoms with Crippen LogP contribution in [0.15, 0.2) is 22.7 Å². The highest BCUT2D eigenvalue weighted by Gasteiger charge is 2.11. The zero-order valence-corrected chi connectivity index (χ0v) is 12.5. The highest BCUT2D eigenvalue weighted by atomic mass is 79.9. The Balaban J connectivity index is 2.41. The zero-order chi connectivity index (χ0) is 14.0. The van der Waals surface area contributed by atoms with Crippen molar-refractivity contribution in [2.75, 3.05) is 5.32 Å². The molecular formula is C14H13BrN4. The van der Waals surface area contributed by atoms with Gasteiger partial charge in [0, 0.05) is 10.2 Å². The lowest BCUT2D eigenvalue weighted by Crippen LogP contribution is -2.03. The number of aromatic nitrogens is 2. The molecule has 0 aliphatic carbocycles. The van der Waals surface area contributed by atoms with Gasteiger partial charge in [-0.1, -0.05) is 22.0 Å². The minimum atomic E-state index is 0.487. The first-order valence-corrected chi connectivity index (χ1v) is 6.59. The maximum absolute atomic E-state index is 9.23. The van der Waals surface area contributed by atoms with Gasteiger partial charge in [-0.3, -0.25) is 0 Å². The van der Waals surface area contributed by atoms with E-state index in [1.807, 2.05) is 39.0 Å². The Morgan fingerprint density at radius 2 is 1.95 bits per heavy atom. The summed E-state index contributed by atoms with van der Waals surface area (Å²) in [6.07, 6.45) is 0. The van der Waals surface area contributed by atoms with E-state index in [9.17, 15) is 5.26 Å². The van der Waals surface area contributed by atoms with Crippen LogP contribution in [0.3, 0.4) is 0 Å². The normalized spacial score (nSPS) is 10.1. The standard InChI is InChI=1S/C14H13BrN4/c1-8-4-5-11(6-13(8)15)17-14-12(7-16)9(2)10(3)18-19-14/h4-6H,1-3H3,(H,17,19). The van der Waals surface area contributed by atoms with Crippen molar-refractivity contribution in [1.82, 2.24) is 10.2 Å². The van der Waals surface area contributed by atoms with Gasteiger partial charge in [0.15, 0.2) is 5.82 Å². The van der Waals surface area contributed by atoms with Crippen LogP contribution in [0.4, 0.5) is 11.5 Å². The van der Waals surface area contributed by atoms with E-state index < -0.39 is 0 Å². The Morgan fingerprint density at radius 1 is 1.21 bits per heavy atom. The van der Waals surface area contributed by atoms with Crippen LogP contribution < -0.4 is 5.32 Å². The van der Waals surface area contributed by atoms with Crippen molar-refractivity contribution in [1.29, 1.82) is 5.26 Å². The quantitative estimate of drug-likeness (QED) is 0.915. The molecule has 0 aliphatic rings. The van der Waals surface area contributed by atoms with Gasteiger partial charge in [-0.25, -0.2) is 0 Å². The van der Waals surface area contributed by atoms with Gasteiger partial charge in [0.25, 0.3) is 0 Å². The van der Waals surface area contributed by atoms with Crippen molar-refractivity contribution in [3.8, 4) is 6.07 Å². The van der Waals surface area contributed by atoms with Gasteiger partial charge < -0.3 is 5.32 Å². The first-order valence-electron chi connectivity index (χ1n) is 5.80. The fraction of sp³-hybridized carbons (Fsp3) is 0.214. The Labute approximate surface area is 120 Å². The number of hydrogen-bond acceptors (Lipinski definition) is 4. The van der Waals surface area contributed by atoms with E-state index in [1.54, 1.807) is 0 Å². The minimum absolute atomic E-state index is 0.487. The molecule has 0 bridgehead atoms. The molecule has 0 spiro atoms. The third-order valence-electron chi connectivity index (χ3n) is 3.00. The lowest BCUT2D eigenvalue weighted by molar-refractivity contribution is 0.960. The van der Waals surface area contributed by atoms with Crippen LogP contribution in [0.5, 0.6) is 0 Å². The van der Waals surface area contributed by atoms with E-state index in [4.69, 9.17) is 0 Å². The SMILES string of the molecule is Cc1ccc(Nc2nnc(C)c(C)c2C#N)cc1Br. The maximum atomic E-state index is 9.23. The van der Waals surface area contributed by atoms with Gasteiger partial charge in [0.05, 0.1) is 5.69 Å². The molecule has 2 aromatic rings. The predicted octanol–water partition coefficient (Wildman–Crippen LogP) is 3.78. The second-order valence-corrected chi connectivity index (χ2v) is 5.19. The van der Waals surface area contributed by atoms with Crippen molar-refractivity contribution >= 4 is 27.4 Å². The molecule has 2 rings (SSSR count). The lowest BCUT2D eigenvalue weighted by Gasteiger charge is -2.10. The molecule has 1 N–H and O–H groups in total. The largest absolute Gasteiger partial charge is 0.338 e. The number of nitrogens with one attached hydrogen (secondary N) is 1. The van der Waals surface area contributed by atoms with Crippen LogP contribution >= 0.6 is 15.9 Å². The predicted molar refractivity (Wildman–Crippen MR) is 78.4 cm³/mol. The van der Waals surface area contributed by atoms with Crippen molar-refractivity contribution in [2.24, 2.45) is 0 Å². The first kappa shape index (κ1) is 13.5. The van der Waals surface area contributed by atoms with Crippen LogP contribution in [-0.2, 0) is 0 Å². The second-order valence-electron chi connectivity index (χ2n) is 4.33. The fourth-order valence-corrected chi connectivity index (χ4v) is 2.02. The molecule has 0 amide bonds. The number of aryl methyl sites for hydroxylation is 2. The number of benzene rings is 1. The zero-order valence-electron chi connectivity index (χ0n) is 11.0. The summed E-state index contributed by atoms with van der Waals surface area (Å²) in [7, 11) is 0. The van der Waals surface area contributed by atoms with Crippen molar-refractivity contribution in [3.05, 3.63) is 45.1 Å². The van der Waals surface area contributed by atoms with Gasteiger partial charge in [-0.15, -0.1) is 5.10 Å². The molecule has 4 nitrogen and oxygen atoms in total. The Hall–Kier alpha value is -1.93. The Kier molecular flexibility index (Phi) is 3.82. The average molecular weight is 317 g/mol. The molecular weight excluding hydrogens is 304 g/mol. The van der Waals surface area contributed by atoms with E-state index in [0.29, 0.717) is 11.4 Å². The summed E-state index contributed by atoms with van der Waals surface area (Å²) < 4.78 is 1.01. The number of halogens is 1. The summed E-state index contributed by atoms with van der Waals surface area (Å²) in [5.74, 6) is 0.487. The summed E-state index contributed by atoms with van der Waals surface area (Å²) in [4.78, 5) is 0. The number of nitriles is 1. The van der Waals surface area contributed by atoms with Crippen molar-refractivity contribution in [3.63, 3.8) is 0 Å². The number of hydrogen-bond donors (Lipinski definition) is 1. The summed E-state index contributed by atoms with van der Waals surface area (Å²) in [5.41, 5.74) is 4.17. The molecule has 0 atom stereocenters. The first-order chi connectivity index (χ1) is 9.02. The van der Waals surface area contributed by atoms with Gasteiger partial charge in [0.1, 0.15) is 11.6 Å². The molecule has 0 radical (unpaired) electrons. The minimum Gasteiger partial charge on any atom is -0.338 e. The topological polar surface area (TPSA) is 61.6 Å². The molecule has 5 heteroatoms. The van der Waals surface area contributed by atoms with E-state index in [2.05, 4.69) is 37.5 Å². The van der Waals surface area contributed by atoms with Gasteiger partial charge >= 0.3 is 0 Å². The third-order valence-corrected chi connectivity index (χ3v) is 3.86. The van der Waals surface area contributed by atoms with Gasteiger partial charge in [-0.05, 0) is 44.0 Å². The van der Waals surface area contributed by atoms with Crippen LogP contribution in [0.1, 0.15) is 22.4 Å². The van der Waals surface area contributed by atoms with Crippen LogP contribution in [0, 0.1) is 32.1 Å². The highest BCUT2D eigenvalue weighted by Crippen LogP contribution is 2.25. The summed E-state index contributed by atoms with van der Waals surface area (Å²) in [6.45, 7) is 5.73. The third kappa shape index (κ3) is 2.74. The average Bonchev–Trinajstić information content (AvgIpc) is 2.39. The highest BCUT2D eigenvalue weighted by molar-refractivity contribution is 9.10. The van der Waals surface area contributed by atoms with Gasteiger partial charge in [-0.2, -0.15) is 10.4 Å². The monoisotopic (exact) mass is 316 g/mol. The molecule has 1 heterocycles. The van der Waals surface area contributed by atoms with E-state index in [-0.39, 0.29) is 0 Å². The van der Waals surface area contributed by atoms with Gasteiger partial charge in [0.2, 0.25) is 0 Å². The molecule has 0 fully saturated rings. The molecule has 1 aromatic heterocycles. The molecule has 19 heavy (non-hydrogen) atoms. The molecule has 0 saturated carbocycles. The Bertz CT molecular complexity index is 674. The lowest BCUT2D eigenvalue weighted by atomic mass is 10.1. The van der Waals surface area contributed by atoms with E-state index in [1.165, 1.54) is 0 Å². The maximum Gasteiger partial charge on any atom is 0.171 e. The summed E-state index contributed by atoms with van der Waals surface area (Å²) >= 11 is 3.48. The van der Waals surface area contributed by atoms with Crippen LogP contribution in [0.2, 0.25) is 0 Å². The molecule has 0 saturated heterocycles. The molecule has 0 unspecified atom stereocenters. The molecule has 96 valence electrons. The molecule has 1 aromatic carbocycles. The van der Waals surface area contributed by atoms with Crippen molar-refractivity contribution in [2.45, 2.75) is 20.8 Å². The van der Waals surface area contributed by atoms with E-state index in [0.717, 1.165) is 27.0 Å². The smallest absolute Gasteiger partial charge is 0.171 e. The Morgan fingerprint density at radius 3 is 2.58 bits per heavy atom. The molecule has 0 aliphatic heterocycles. The van der Waals surface area contributed by atoms with Crippen LogP contribution in [0.25, 0.3) is 0 Å². The van der Waals surface area contributed by atoms with Crippen LogP contribution in [-0.4, -0.2) is 10.2 Å². The second kappa shape index (κ2) is 5.37.